The molecule has 19 heavy (non-hydrogen) atoms. The van der Waals surface area contributed by atoms with Crippen molar-refractivity contribution in [3.8, 4) is 5.75 Å². The molecule has 1 unspecified atom stereocenters. The van der Waals surface area contributed by atoms with Crippen LogP contribution in [0.3, 0.4) is 0 Å². The number of nitrogens with one attached hydrogen (secondary N) is 1. The van der Waals surface area contributed by atoms with E-state index in [4.69, 9.17) is 4.74 Å². The van der Waals surface area contributed by atoms with E-state index < -0.39 is 0 Å². The predicted molar refractivity (Wildman–Crippen MR) is 77.4 cm³/mol. The van der Waals surface area contributed by atoms with E-state index in [0.29, 0.717) is 0 Å². The number of likely N-dealkylation sites (N-methyl/N-ethyl adjacent to an activating group) is 1. The molecule has 0 saturated heterocycles. The lowest BCUT2D eigenvalue weighted by Crippen LogP contribution is -2.23. The molecule has 1 aromatic heterocycles. The summed E-state index contributed by atoms with van der Waals surface area (Å²) in [6.45, 7) is 3.04. The molecular formula is C16H20N2O. The van der Waals surface area contributed by atoms with Crippen LogP contribution in [0.4, 0.5) is 0 Å². The number of aromatic nitrogens is 1. The van der Waals surface area contributed by atoms with E-state index in [0.717, 1.165) is 18.7 Å². The topological polar surface area (TPSA) is 34.1 Å². The van der Waals surface area contributed by atoms with Gasteiger partial charge in [0.25, 0.3) is 0 Å². The fraction of sp³-hybridized carbons (Fsp3) is 0.312. The Morgan fingerprint density at radius 1 is 1.21 bits per heavy atom. The molecule has 3 nitrogen and oxygen atoms in total. The highest BCUT2D eigenvalue weighted by Crippen LogP contribution is 2.24. The van der Waals surface area contributed by atoms with Gasteiger partial charge < -0.3 is 10.1 Å². The molecule has 0 aliphatic heterocycles. The first-order chi connectivity index (χ1) is 9.35. The Bertz CT molecular complexity index is 499. The summed E-state index contributed by atoms with van der Waals surface area (Å²) in [5.74, 6) is 0.939. The molecule has 1 atom stereocenters. The minimum absolute atomic E-state index is 0.259. The molecule has 1 heterocycles. The lowest BCUT2D eigenvalue weighted by atomic mass is 9.99. The summed E-state index contributed by atoms with van der Waals surface area (Å²) in [6.07, 6.45) is 4.61. The number of rotatable bonds is 6. The van der Waals surface area contributed by atoms with Gasteiger partial charge in [0, 0.05) is 18.4 Å². The zero-order chi connectivity index (χ0) is 13.5. The Hall–Kier alpha value is -1.87. The molecule has 0 fully saturated rings. The quantitative estimate of drug-likeness (QED) is 0.862. The van der Waals surface area contributed by atoms with Crippen LogP contribution in [0.2, 0.25) is 0 Å². The van der Waals surface area contributed by atoms with Crippen LogP contribution < -0.4 is 10.1 Å². The van der Waals surface area contributed by atoms with E-state index in [9.17, 15) is 0 Å². The standard InChI is InChI=1S/C16H20N2O/c1-3-18-15(14-8-6-10-17-12-14)11-13-7-4-5-9-16(13)19-2/h4-10,12,15,18H,3,11H2,1-2H3. The molecule has 3 heteroatoms. The highest BCUT2D eigenvalue weighted by atomic mass is 16.5. The van der Waals surface area contributed by atoms with E-state index in [2.05, 4.69) is 29.4 Å². The average molecular weight is 256 g/mol. The summed E-state index contributed by atoms with van der Waals surface area (Å²) in [6, 6.07) is 12.5. The first-order valence-corrected chi connectivity index (χ1v) is 6.60. The lowest BCUT2D eigenvalue weighted by Gasteiger charge is -2.19. The second-order valence-electron chi connectivity index (χ2n) is 4.41. The summed E-state index contributed by atoms with van der Waals surface area (Å²) in [5, 5.41) is 3.50. The van der Waals surface area contributed by atoms with Gasteiger partial charge in [-0.2, -0.15) is 0 Å². The molecule has 2 aromatic rings. The third kappa shape index (κ3) is 3.55. The van der Waals surface area contributed by atoms with Gasteiger partial charge in [0.05, 0.1) is 7.11 Å². The molecule has 0 aliphatic carbocycles. The van der Waals surface area contributed by atoms with Gasteiger partial charge in [0.1, 0.15) is 5.75 Å². The molecule has 2 rings (SSSR count). The monoisotopic (exact) mass is 256 g/mol. The van der Waals surface area contributed by atoms with Crippen LogP contribution in [0.5, 0.6) is 5.75 Å². The normalized spacial score (nSPS) is 12.1. The van der Waals surface area contributed by atoms with Crippen LogP contribution in [0, 0.1) is 0 Å². The maximum atomic E-state index is 5.42. The van der Waals surface area contributed by atoms with Crippen molar-refractivity contribution in [2.75, 3.05) is 13.7 Å². The Kier molecular flexibility index (Phi) is 4.93. The molecule has 0 bridgehead atoms. The molecule has 0 saturated carbocycles. The first-order valence-electron chi connectivity index (χ1n) is 6.60. The van der Waals surface area contributed by atoms with Gasteiger partial charge >= 0.3 is 0 Å². The fourth-order valence-corrected chi connectivity index (χ4v) is 2.23. The summed E-state index contributed by atoms with van der Waals surface area (Å²) in [7, 11) is 1.71. The molecule has 0 radical (unpaired) electrons. The Labute approximate surface area is 114 Å². The Morgan fingerprint density at radius 2 is 2.05 bits per heavy atom. The van der Waals surface area contributed by atoms with E-state index in [1.165, 1.54) is 11.1 Å². The second kappa shape index (κ2) is 6.90. The van der Waals surface area contributed by atoms with Gasteiger partial charge in [-0.3, -0.25) is 4.98 Å². The molecule has 0 amide bonds. The van der Waals surface area contributed by atoms with Gasteiger partial charge in [-0.1, -0.05) is 31.2 Å². The van der Waals surface area contributed by atoms with Crippen LogP contribution in [0.25, 0.3) is 0 Å². The first kappa shape index (κ1) is 13.6. The van der Waals surface area contributed by atoms with Gasteiger partial charge in [-0.25, -0.2) is 0 Å². The number of methoxy groups -OCH3 is 1. The second-order valence-corrected chi connectivity index (χ2v) is 4.41. The van der Waals surface area contributed by atoms with Crippen LogP contribution in [-0.2, 0) is 6.42 Å². The highest BCUT2D eigenvalue weighted by Gasteiger charge is 2.13. The third-order valence-electron chi connectivity index (χ3n) is 3.15. The van der Waals surface area contributed by atoms with Crippen LogP contribution in [-0.4, -0.2) is 18.6 Å². The van der Waals surface area contributed by atoms with Gasteiger partial charge in [0.15, 0.2) is 0 Å². The van der Waals surface area contributed by atoms with Crippen molar-refractivity contribution in [1.82, 2.24) is 10.3 Å². The van der Waals surface area contributed by atoms with Gasteiger partial charge in [-0.05, 0) is 36.2 Å². The number of para-hydroxylation sites is 1. The number of hydrogen-bond acceptors (Lipinski definition) is 3. The maximum Gasteiger partial charge on any atom is 0.122 e. The van der Waals surface area contributed by atoms with Crippen molar-refractivity contribution < 1.29 is 4.74 Å². The van der Waals surface area contributed by atoms with Crippen molar-refractivity contribution in [2.24, 2.45) is 0 Å². The smallest absolute Gasteiger partial charge is 0.122 e. The molecule has 100 valence electrons. The molecule has 0 spiro atoms. The maximum absolute atomic E-state index is 5.42. The van der Waals surface area contributed by atoms with Crippen molar-refractivity contribution in [3.05, 3.63) is 59.9 Å². The molecular weight excluding hydrogens is 236 g/mol. The summed E-state index contributed by atoms with van der Waals surface area (Å²) in [4.78, 5) is 4.20. The number of pyridine rings is 1. The average Bonchev–Trinajstić information content (AvgIpc) is 2.48. The fourth-order valence-electron chi connectivity index (χ4n) is 2.23. The lowest BCUT2D eigenvalue weighted by molar-refractivity contribution is 0.405. The van der Waals surface area contributed by atoms with Gasteiger partial charge in [0.2, 0.25) is 0 Å². The summed E-state index contributed by atoms with van der Waals surface area (Å²) < 4.78 is 5.42. The van der Waals surface area contributed by atoms with Crippen LogP contribution in [0.15, 0.2) is 48.8 Å². The largest absolute Gasteiger partial charge is 0.496 e. The number of hydrogen-bond donors (Lipinski definition) is 1. The zero-order valence-corrected chi connectivity index (χ0v) is 11.5. The van der Waals surface area contributed by atoms with Crippen LogP contribution in [0.1, 0.15) is 24.1 Å². The van der Waals surface area contributed by atoms with E-state index in [-0.39, 0.29) is 6.04 Å². The number of benzene rings is 1. The summed E-state index contributed by atoms with van der Waals surface area (Å²) >= 11 is 0. The SMILES string of the molecule is CCNC(Cc1ccccc1OC)c1cccnc1. The van der Waals surface area contributed by atoms with Crippen LogP contribution >= 0.6 is 0 Å². The van der Waals surface area contributed by atoms with E-state index >= 15 is 0 Å². The van der Waals surface area contributed by atoms with Crippen molar-refractivity contribution in [1.29, 1.82) is 0 Å². The van der Waals surface area contributed by atoms with E-state index in [1.54, 1.807) is 13.3 Å². The van der Waals surface area contributed by atoms with Crippen molar-refractivity contribution in [3.63, 3.8) is 0 Å². The molecule has 1 N–H and O–H groups in total. The highest BCUT2D eigenvalue weighted by molar-refractivity contribution is 5.35. The summed E-state index contributed by atoms with van der Waals surface area (Å²) in [5.41, 5.74) is 2.41. The van der Waals surface area contributed by atoms with E-state index in [1.807, 2.05) is 30.5 Å². The third-order valence-corrected chi connectivity index (χ3v) is 3.15. The number of nitrogens with zero attached hydrogens (tertiary/aromatic N) is 1. The Balaban J connectivity index is 2.21. The van der Waals surface area contributed by atoms with Crippen molar-refractivity contribution >= 4 is 0 Å². The predicted octanol–water partition coefficient (Wildman–Crippen LogP) is 2.98. The minimum atomic E-state index is 0.259. The minimum Gasteiger partial charge on any atom is -0.496 e. The molecule has 1 aromatic carbocycles. The van der Waals surface area contributed by atoms with Gasteiger partial charge in [-0.15, -0.1) is 0 Å². The van der Waals surface area contributed by atoms with Crippen molar-refractivity contribution in [2.45, 2.75) is 19.4 Å². The molecule has 0 aliphatic rings. The Morgan fingerprint density at radius 3 is 2.74 bits per heavy atom. The number of ether oxygens (including phenoxy) is 1. The zero-order valence-electron chi connectivity index (χ0n) is 11.5.